The van der Waals surface area contributed by atoms with Gasteiger partial charge in [-0.2, -0.15) is 0 Å². The number of aryl methyl sites for hydroxylation is 1. The molecule has 0 fully saturated rings. The Labute approximate surface area is 116 Å². The van der Waals surface area contributed by atoms with Gasteiger partial charge in [0.25, 0.3) is 0 Å². The number of benzene rings is 1. The normalized spacial score (nSPS) is 14.2. The highest BCUT2D eigenvalue weighted by molar-refractivity contribution is 9.10. The lowest BCUT2D eigenvalue weighted by Gasteiger charge is -2.20. The molecule has 0 spiro atoms. The minimum atomic E-state index is -0.561. The third-order valence-corrected chi connectivity index (χ3v) is 3.82. The number of pyridine rings is 1. The van der Waals surface area contributed by atoms with Crippen molar-refractivity contribution in [2.24, 2.45) is 0 Å². The van der Waals surface area contributed by atoms with Crippen molar-refractivity contribution in [3.63, 3.8) is 0 Å². The van der Waals surface area contributed by atoms with Crippen LogP contribution in [-0.4, -0.2) is 10.1 Å². The Morgan fingerprint density at radius 2 is 2.00 bits per heavy atom. The number of halogens is 1. The highest BCUT2D eigenvalue weighted by Crippen LogP contribution is 2.33. The Kier molecular flexibility index (Phi) is 4.15. The molecular weight excluding hydrogens is 290 g/mol. The number of rotatable bonds is 3. The third-order valence-electron chi connectivity index (χ3n) is 3.10. The van der Waals surface area contributed by atoms with Gasteiger partial charge in [0.2, 0.25) is 0 Å². The zero-order valence-corrected chi connectivity index (χ0v) is 12.1. The summed E-state index contributed by atoms with van der Waals surface area (Å²) in [4.78, 5) is 4.30. The maximum atomic E-state index is 10.5. The fraction of sp³-hybridized carbons (Fsp3) is 0.267. The van der Waals surface area contributed by atoms with Crippen molar-refractivity contribution in [2.75, 3.05) is 0 Å². The largest absolute Gasteiger partial charge is 0.388 e. The Balaban J connectivity index is 2.31. The van der Waals surface area contributed by atoms with Crippen LogP contribution in [0.1, 0.15) is 35.8 Å². The second-order valence-corrected chi connectivity index (χ2v) is 5.37. The average Bonchev–Trinajstić information content (AvgIpc) is 2.41. The van der Waals surface area contributed by atoms with Crippen LogP contribution in [0, 0.1) is 6.92 Å². The molecular formula is C15H16BrNO. The van der Waals surface area contributed by atoms with E-state index in [1.807, 2.05) is 50.2 Å². The lowest BCUT2D eigenvalue weighted by molar-refractivity contribution is 0.149. The van der Waals surface area contributed by atoms with Crippen molar-refractivity contribution in [1.82, 2.24) is 4.98 Å². The van der Waals surface area contributed by atoms with Crippen LogP contribution >= 0.6 is 15.9 Å². The molecule has 0 saturated heterocycles. The van der Waals surface area contributed by atoms with Crippen molar-refractivity contribution in [3.05, 3.63) is 63.9 Å². The standard InChI is InChI=1S/C15H16BrNO/c1-10-6-7-13(16)12(9-10)15(18)11(2)14-5-3-4-8-17-14/h3-9,11,15,18H,1-2H3. The number of hydrogen-bond donors (Lipinski definition) is 1. The SMILES string of the molecule is Cc1ccc(Br)c(C(O)C(C)c2ccccn2)c1. The van der Waals surface area contributed by atoms with Gasteiger partial charge in [-0.1, -0.05) is 46.6 Å². The molecule has 1 N–H and O–H groups in total. The number of aliphatic hydroxyl groups is 1. The first-order valence-corrected chi connectivity index (χ1v) is 6.74. The van der Waals surface area contributed by atoms with Crippen molar-refractivity contribution >= 4 is 15.9 Å². The summed E-state index contributed by atoms with van der Waals surface area (Å²) in [6.45, 7) is 4.01. The van der Waals surface area contributed by atoms with E-state index in [-0.39, 0.29) is 5.92 Å². The Morgan fingerprint density at radius 1 is 1.22 bits per heavy atom. The molecule has 0 bridgehead atoms. The highest BCUT2D eigenvalue weighted by Gasteiger charge is 2.21. The Bertz CT molecular complexity index is 527. The van der Waals surface area contributed by atoms with Crippen molar-refractivity contribution < 1.29 is 5.11 Å². The zero-order chi connectivity index (χ0) is 13.1. The number of aromatic nitrogens is 1. The summed E-state index contributed by atoms with van der Waals surface area (Å²) in [5.41, 5.74) is 2.95. The summed E-state index contributed by atoms with van der Waals surface area (Å²) in [7, 11) is 0. The minimum Gasteiger partial charge on any atom is -0.388 e. The van der Waals surface area contributed by atoms with Gasteiger partial charge in [-0.25, -0.2) is 0 Å². The molecule has 0 amide bonds. The van der Waals surface area contributed by atoms with Crippen molar-refractivity contribution in [3.8, 4) is 0 Å². The van der Waals surface area contributed by atoms with Crippen LogP contribution in [0.2, 0.25) is 0 Å². The fourth-order valence-corrected chi connectivity index (χ4v) is 2.45. The van der Waals surface area contributed by atoms with Gasteiger partial charge in [-0.05, 0) is 30.7 Å². The summed E-state index contributed by atoms with van der Waals surface area (Å²) < 4.78 is 0.934. The molecule has 0 aliphatic heterocycles. The lowest BCUT2D eigenvalue weighted by Crippen LogP contribution is -2.10. The van der Waals surface area contributed by atoms with Crippen molar-refractivity contribution in [1.29, 1.82) is 0 Å². The predicted octanol–water partition coefficient (Wildman–Crippen LogP) is 3.99. The summed E-state index contributed by atoms with van der Waals surface area (Å²) in [6.07, 6.45) is 1.19. The van der Waals surface area contributed by atoms with Gasteiger partial charge >= 0.3 is 0 Å². The number of nitrogens with zero attached hydrogens (tertiary/aromatic N) is 1. The molecule has 0 saturated carbocycles. The quantitative estimate of drug-likeness (QED) is 0.930. The minimum absolute atomic E-state index is 0.0377. The van der Waals surface area contributed by atoms with Crippen LogP contribution in [0.3, 0.4) is 0 Å². The molecule has 0 aliphatic rings. The molecule has 3 heteroatoms. The number of aliphatic hydroxyl groups excluding tert-OH is 1. The van der Waals surface area contributed by atoms with Gasteiger partial charge in [0.1, 0.15) is 0 Å². The molecule has 0 radical (unpaired) electrons. The molecule has 1 aromatic heterocycles. The summed E-state index contributed by atoms with van der Waals surface area (Å²) in [5.74, 6) is -0.0377. The van der Waals surface area contributed by atoms with Crippen molar-refractivity contribution in [2.45, 2.75) is 25.9 Å². The molecule has 2 unspecified atom stereocenters. The second kappa shape index (κ2) is 5.63. The van der Waals surface area contributed by atoms with E-state index in [2.05, 4.69) is 20.9 Å². The second-order valence-electron chi connectivity index (χ2n) is 4.51. The first kappa shape index (κ1) is 13.2. The van der Waals surface area contributed by atoms with E-state index in [1.54, 1.807) is 6.20 Å². The third kappa shape index (κ3) is 2.79. The van der Waals surface area contributed by atoms with Gasteiger partial charge in [-0.3, -0.25) is 4.98 Å². The number of hydrogen-bond acceptors (Lipinski definition) is 2. The van der Waals surface area contributed by atoms with Gasteiger partial charge in [0, 0.05) is 22.3 Å². The highest BCUT2D eigenvalue weighted by atomic mass is 79.9. The van der Waals surface area contributed by atoms with Crippen LogP contribution in [0.4, 0.5) is 0 Å². The molecule has 2 aromatic rings. The van der Waals surface area contributed by atoms with E-state index < -0.39 is 6.10 Å². The van der Waals surface area contributed by atoms with E-state index in [9.17, 15) is 5.11 Å². The zero-order valence-electron chi connectivity index (χ0n) is 10.5. The molecule has 2 rings (SSSR count). The van der Waals surface area contributed by atoms with Crippen LogP contribution in [0.25, 0.3) is 0 Å². The van der Waals surface area contributed by atoms with Gasteiger partial charge in [0.15, 0.2) is 0 Å². The van der Waals surface area contributed by atoms with Crippen LogP contribution < -0.4 is 0 Å². The van der Waals surface area contributed by atoms with Gasteiger partial charge in [0.05, 0.1) is 6.10 Å². The smallest absolute Gasteiger partial charge is 0.0881 e. The Hall–Kier alpha value is -1.19. The van der Waals surface area contributed by atoms with E-state index in [4.69, 9.17) is 0 Å². The average molecular weight is 306 g/mol. The van der Waals surface area contributed by atoms with Gasteiger partial charge in [-0.15, -0.1) is 0 Å². The van der Waals surface area contributed by atoms with E-state index in [0.29, 0.717) is 0 Å². The molecule has 94 valence electrons. The first-order chi connectivity index (χ1) is 8.59. The maximum Gasteiger partial charge on any atom is 0.0881 e. The van der Waals surface area contributed by atoms with E-state index >= 15 is 0 Å². The maximum absolute atomic E-state index is 10.5. The Morgan fingerprint density at radius 3 is 2.67 bits per heavy atom. The molecule has 1 heterocycles. The topological polar surface area (TPSA) is 33.1 Å². The molecule has 18 heavy (non-hydrogen) atoms. The van der Waals surface area contributed by atoms with Crippen LogP contribution in [0.5, 0.6) is 0 Å². The molecule has 1 aromatic carbocycles. The van der Waals surface area contributed by atoms with Gasteiger partial charge < -0.3 is 5.11 Å². The summed E-state index contributed by atoms with van der Waals surface area (Å²) in [6, 6.07) is 11.8. The van der Waals surface area contributed by atoms with Crippen LogP contribution in [0.15, 0.2) is 47.1 Å². The first-order valence-electron chi connectivity index (χ1n) is 5.94. The summed E-state index contributed by atoms with van der Waals surface area (Å²) >= 11 is 3.49. The molecule has 2 atom stereocenters. The van der Waals surface area contributed by atoms with E-state index in [1.165, 1.54) is 0 Å². The summed E-state index contributed by atoms with van der Waals surface area (Å²) in [5, 5.41) is 10.5. The predicted molar refractivity (Wildman–Crippen MR) is 76.5 cm³/mol. The molecule has 0 aliphatic carbocycles. The lowest BCUT2D eigenvalue weighted by atomic mass is 9.93. The monoisotopic (exact) mass is 305 g/mol. The van der Waals surface area contributed by atoms with E-state index in [0.717, 1.165) is 21.3 Å². The fourth-order valence-electron chi connectivity index (χ4n) is 1.97. The molecule has 2 nitrogen and oxygen atoms in total. The van der Waals surface area contributed by atoms with Crippen LogP contribution in [-0.2, 0) is 0 Å².